The second kappa shape index (κ2) is 11.5. The molecule has 8 heteroatoms. The van der Waals surface area contributed by atoms with E-state index in [1.807, 2.05) is 25.8 Å². The fraction of sp³-hybridized carbons (Fsp3) is 0.565. The van der Waals surface area contributed by atoms with Crippen LogP contribution >= 0.6 is 11.3 Å². The van der Waals surface area contributed by atoms with Gasteiger partial charge in [0.2, 0.25) is 4.74 Å². The van der Waals surface area contributed by atoms with Gasteiger partial charge in [0.1, 0.15) is 0 Å². The van der Waals surface area contributed by atoms with Crippen LogP contribution in [0.4, 0.5) is 18.9 Å². The van der Waals surface area contributed by atoms with Crippen LogP contribution < -0.4 is 9.64 Å². The van der Waals surface area contributed by atoms with E-state index in [2.05, 4.69) is 0 Å². The smallest absolute Gasteiger partial charge is 0.416 e. The minimum absolute atomic E-state index is 0.0555. The van der Waals surface area contributed by atoms with Crippen LogP contribution in [0.5, 0.6) is 0 Å². The number of benzene rings is 1. The molecule has 0 fully saturated rings. The Morgan fingerprint density at radius 2 is 1.81 bits per heavy atom. The van der Waals surface area contributed by atoms with Crippen molar-refractivity contribution in [2.45, 2.75) is 58.5 Å². The Bertz CT molecular complexity index is 926. The average Bonchev–Trinajstić information content (AvgIpc) is 2.72. The quantitative estimate of drug-likeness (QED) is 0.295. The van der Waals surface area contributed by atoms with Crippen molar-refractivity contribution >= 4 is 33.1 Å². The number of alkyl halides is 3. The van der Waals surface area contributed by atoms with Gasteiger partial charge in [0, 0.05) is 35.4 Å². The summed E-state index contributed by atoms with van der Waals surface area (Å²) in [4.78, 5) is 25.6. The minimum atomic E-state index is -4.43. The normalized spacial score (nSPS) is 12.7. The molecule has 0 N–H and O–H groups in total. The Morgan fingerprint density at radius 3 is 2.48 bits per heavy atom. The van der Waals surface area contributed by atoms with Gasteiger partial charge in [-0.2, -0.15) is 13.2 Å². The van der Waals surface area contributed by atoms with E-state index >= 15 is 0 Å². The summed E-state index contributed by atoms with van der Waals surface area (Å²) < 4.78 is 44.2. The van der Waals surface area contributed by atoms with Crippen LogP contribution in [0.1, 0.15) is 57.9 Å². The first-order chi connectivity index (χ1) is 14.6. The van der Waals surface area contributed by atoms with Gasteiger partial charge >= 0.3 is 12.1 Å². The molecule has 0 aliphatic heterocycles. The average molecular weight is 458 g/mol. The van der Waals surface area contributed by atoms with Gasteiger partial charge in [0.25, 0.3) is 0 Å². The number of halogens is 3. The molecule has 0 saturated heterocycles. The first kappa shape index (κ1) is 25.2. The maximum Gasteiger partial charge on any atom is 0.416 e. The first-order valence-corrected chi connectivity index (χ1v) is 11.5. The predicted molar refractivity (Wildman–Crippen MR) is 120 cm³/mol. The van der Waals surface area contributed by atoms with Gasteiger partial charge in [0.15, 0.2) is 0 Å². The molecule has 0 aliphatic carbocycles. The van der Waals surface area contributed by atoms with Gasteiger partial charge in [0.05, 0.1) is 18.1 Å². The summed E-state index contributed by atoms with van der Waals surface area (Å²) in [5.74, 6) is -0.194. The standard InChI is InChI=1S/C23H30F3NO3S/c1-4-16(2)22(29)30-13-9-7-5-6-8-12-27(3)19-15-21(28)31-20-14-17(23(24,25)26)10-11-18(19)20/h10-11,14-16H,4-9,12-13H2,1-3H3. The van der Waals surface area contributed by atoms with Gasteiger partial charge < -0.3 is 9.64 Å². The van der Waals surface area contributed by atoms with Crippen LogP contribution in [0, 0.1) is 5.92 Å². The molecular weight excluding hydrogens is 427 g/mol. The highest BCUT2D eigenvalue weighted by atomic mass is 32.1. The largest absolute Gasteiger partial charge is 0.465 e. The number of nitrogens with zero attached hydrogens (tertiary/aromatic N) is 1. The van der Waals surface area contributed by atoms with Gasteiger partial charge in [-0.3, -0.25) is 9.59 Å². The van der Waals surface area contributed by atoms with Gasteiger partial charge in [-0.05, 0) is 31.4 Å². The molecule has 0 radical (unpaired) electrons. The zero-order valence-corrected chi connectivity index (χ0v) is 19.1. The fourth-order valence-corrected chi connectivity index (χ4v) is 4.08. The van der Waals surface area contributed by atoms with Crippen molar-refractivity contribution in [3.8, 4) is 0 Å². The highest BCUT2D eigenvalue weighted by Crippen LogP contribution is 2.34. The Hall–Kier alpha value is -2.09. The topological polar surface area (TPSA) is 46.6 Å². The summed E-state index contributed by atoms with van der Waals surface area (Å²) in [6, 6.07) is 5.05. The monoisotopic (exact) mass is 457 g/mol. The Labute approximate surface area is 185 Å². The number of fused-ring (bicyclic) bond motifs is 1. The van der Waals surface area contributed by atoms with Crippen molar-refractivity contribution < 1.29 is 22.7 Å². The number of esters is 1. The lowest BCUT2D eigenvalue weighted by molar-refractivity contribution is -0.148. The van der Waals surface area contributed by atoms with Crippen LogP contribution in [0.2, 0.25) is 0 Å². The number of hydrogen-bond donors (Lipinski definition) is 0. The zero-order chi connectivity index (χ0) is 23.0. The summed E-state index contributed by atoms with van der Waals surface area (Å²) in [5.41, 5.74) is -0.0882. The minimum Gasteiger partial charge on any atom is -0.465 e. The van der Waals surface area contributed by atoms with Gasteiger partial charge in [-0.15, -0.1) is 0 Å². The number of rotatable bonds is 11. The molecule has 1 aromatic carbocycles. The Balaban J connectivity index is 1.83. The number of ether oxygens (including phenoxy) is 1. The van der Waals surface area contributed by atoms with Gasteiger partial charge in [-0.1, -0.05) is 50.5 Å². The molecule has 0 amide bonds. The predicted octanol–water partition coefficient (Wildman–Crippen LogP) is 6.26. The molecule has 2 aromatic rings. The molecule has 4 nitrogen and oxygen atoms in total. The number of carbonyl (C=O) groups is 1. The number of anilines is 1. The Morgan fingerprint density at radius 1 is 1.13 bits per heavy atom. The first-order valence-electron chi connectivity index (χ1n) is 10.7. The summed E-state index contributed by atoms with van der Waals surface area (Å²) in [5, 5.41) is 0.656. The van der Waals surface area contributed by atoms with Crippen molar-refractivity contribution in [3.05, 3.63) is 39.4 Å². The SMILES string of the molecule is CCC(C)C(=O)OCCCCCCCN(C)c1cc(=O)sc2cc(C(F)(F)F)ccc12. The van der Waals surface area contributed by atoms with Crippen LogP contribution in [0.3, 0.4) is 0 Å². The third kappa shape index (κ3) is 7.52. The van der Waals surface area contributed by atoms with Crippen molar-refractivity contribution in [2.75, 3.05) is 25.1 Å². The summed E-state index contributed by atoms with van der Waals surface area (Å²) in [6.45, 7) is 4.97. The Kier molecular flexibility index (Phi) is 9.34. The maximum absolute atomic E-state index is 13.0. The molecule has 0 spiro atoms. The van der Waals surface area contributed by atoms with Crippen LogP contribution in [-0.2, 0) is 15.7 Å². The van der Waals surface area contributed by atoms with Crippen molar-refractivity contribution in [1.29, 1.82) is 0 Å². The maximum atomic E-state index is 13.0. The lowest BCUT2D eigenvalue weighted by Gasteiger charge is -2.21. The molecule has 1 aromatic heterocycles. The van der Waals surface area contributed by atoms with E-state index < -0.39 is 11.7 Å². The third-order valence-corrected chi connectivity index (χ3v) is 6.23. The number of hydrogen-bond acceptors (Lipinski definition) is 5. The van der Waals surface area contributed by atoms with Crippen LogP contribution in [0.25, 0.3) is 10.1 Å². The summed E-state index contributed by atoms with van der Waals surface area (Å²) in [7, 11) is 1.85. The van der Waals surface area contributed by atoms with E-state index in [9.17, 15) is 22.8 Å². The molecule has 1 unspecified atom stereocenters. The molecule has 0 aliphatic rings. The summed E-state index contributed by atoms with van der Waals surface area (Å²) in [6.07, 6.45) is 1.05. The molecule has 1 atom stereocenters. The van der Waals surface area contributed by atoms with Crippen molar-refractivity contribution in [1.82, 2.24) is 0 Å². The second-order valence-corrected chi connectivity index (χ2v) is 8.87. The van der Waals surface area contributed by atoms with E-state index in [0.29, 0.717) is 28.9 Å². The lowest BCUT2D eigenvalue weighted by Crippen LogP contribution is -2.20. The highest BCUT2D eigenvalue weighted by Gasteiger charge is 2.30. The van der Waals surface area contributed by atoms with Crippen molar-refractivity contribution in [3.63, 3.8) is 0 Å². The van der Waals surface area contributed by atoms with Gasteiger partial charge in [-0.25, -0.2) is 0 Å². The molecule has 31 heavy (non-hydrogen) atoms. The lowest BCUT2D eigenvalue weighted by atomic mass is 10.1. The number of carbonyl (C=O) groups excluding carboxylic acids is 1. The molecule has 0 saturated carbocycles. The number of unbranched alkanes of at least 4 members (excludes halogenated alkanes) is 4. The molecule has 2 rings (SSSR count). The van der Waals surface area contributed by atoms with Crippen LogP contribution in [-0.4, -0.2) is 26.2 Å². The van der Waals surface area contributed by atoms with E-state index in [0.717, 1.165) is 62.0 Å². The highest BCUT2D eigenvalue weighted by molar-refractivity contribution is 7.16. The molecule has 0 bridgehead atoms. The molecule has 172 valence electrons. The fourth-order valence-electron chi connectivity index (χ4n) is 3.22. The van der Waals surface area contributed by atoms with E-state index in [-0.39, 0.29) is 16.6 Å². The van der Waals surface area contributed by atoms with E-state index in [1.165, 1.54) is 12.1 Å². The molecular formula is C23H30F3NO3S. The zero-order valence-electron chi connectivity index (χ0n) is 18.3. The third-order valence-electron chi connectivity index (χ3n) is 5.36. The second-order valence-electron chi connectivity index (χ2n) is 7.83. The summed E-state index contributed by atoms with van der Waals surface area (Å²) >= 11 is 0.830. The van der Waals surface area contributed by atoms with Crippen LogP contribution in [0.15, 0.2) is 29.1 Å². The van der Waals surface area contributed by atoms with E-state index in [4.69, 9.17) is 4.74 Å². The molecule has 1 heterocycles. The van der Waals surface area contributed by atoms with E-state index in [1.54, 1.807) is 0 Å². The van der Waals surface area contributed by atoms with Crippen molar-refractivity contribution in [2.24, 2.45) is 5.92 Å².